The lowest BCUT2D eigenvalue weighted by Crippen LogP contribution is -2.24. The van der Waals surface area contributed by atoms with Gasteiger partial charge in [-0.1, -0.05) is 0 Å². The summed E-state index contributed by atoms with van der Waals surface area (Å²) < 4.78 is 1.28. The van der Waals surface area contributed by atoms with Crippen molar-refractivity contribution >= 4 is 28.8 Å². The average Bonchev–Trinajstić information content (AvgIpc) is 2.33. The molecule has 2 heterocycles. The summed E-state index contributed by atoms with van der Waals surface area (Å²) in [4.78, 5) is 6.47. The van der Waals surface area contributed by atoms with Crippen molar-refractivity contribution in [3.63, 3.8) is 0 Å². The molecule has 2 aliphatic rings. The number of hydrogen-bond acceptors (Lipinski definition) is 2. The van der Waals surface area contributed by atoms with Crippen molar-refractivity contribution in [1.82, 2.24) is 4.90 Å². The van der Waals surface area contributed by atoms with Gasteiger partial charge in [0.2, 0.25) is 0 Å². The minimum atomic E-state index is 0.290. The van der Waals surface area contributed by atoms with E-state index in [0.29, 0.717) is 6.17 Å². The van der Waals surface area contributed by atoms with Gasteiger partial charge in [0.15, 0.2) is 0 Å². The van der Waals surface area contributed by atoms with E-state index in [1.165, 1.54) is 3.58 Å². The summed E-state index contributed by atoms with van der Waals surface area (Å²) in [5.41, 5.74) is 0. The third-order valence-corrected chi connectivity index (χ3v) is 2.25. The fourth-order valence-corrected chi connectivity index (χ4v) is 1.68. The van der Waals surface area contributed by atoms with E-state index < -0.39 is 0 Å². The number of allylic oxidation sites excluding steroid dienone is 2. The normalized spacial score (nSPS) is 28.7. The SMILES string of the molecule is IC1=CN2CC=NC2C=C1. The molecule has 0 saturated heterocycles. The summed E-state index contributed by atoms with van der Waals surface area (Å²) in [7, 11) is 0. The minimum absolute atomic E-state index is 0.290. The number of fused-ring (bicyclic) bond motifs is 1. The molecule has 2 rings (SSSR count). The zero-order valence-electron chi connectivity index (χ0n) is 5.37. The van der Waals surface area contributed by atoms with Gasteiger partial charge >= 0.3 is 0 Å². The lowest BCUT2D eigenvalue weighted by atomic mass is 10.3. The number of halogens is 1. The van der Waals surface area contributed by atoms with Crippen LogP contribution in [0.4, 0.5) is 0 Å². The van der Waals surface area contributed by atoms with E-state index in [2.05, 4.69) is 50.8 Å². The van der Waals surface area contributed by atoms with Crippen molar-refractivity contribution in [1.29, 1.82) is 0 Å². The Kier molecular flexibility index (Phi) is 1.52. The average molecular weight is 246 g/mol. The number of rotatable bonds is 0. The summed E-state index contributed by atoms with van der Waals surface area (Å²) in [6.45, 7) is 0.960. The van der Waals surface area contributed by atoms with Crippen molar-refractivity contribution in [2.75, 3.05) is 6.54 Å². The van der Waals surface area contributed by atoms with Crippen LogP contribution < -0.4 is 0 Å². The summed E-state index contributed by atoms with van der Waals surface area (Å²) >= 11 is 2.31. The standard InChI is InChI=1S/C7H7IN2/c8-6-1-2-7-9-3-4-10(7)5-6/h1-3,5,7H,4H2. The molecule has 0 saturated carbocycles. The van der Waals surface area contributed by atoms with Gasteiger partial charge in [-0.15, -0.1) is 0 Å². The number of nitrogens with zero attached hydrogens (tertiary/aromatic N) is 2. The molecule has 0 spiro atoms. The Morgan fingerprint density at radius 3 is 3.50 bits per heavy atom. The molecule has 0 N–H and O–H groups in total. The molecule has 1 atom stereocenters. The Bertz CT molecular complexity index is 230. The first kappa shape index (κ1) is 6.39. The molecule has 0 aromatic rings. The zero-order valence-corrected chi connectivity index (χ0v) is 7.52. The second kappa shape index (κ2) is 2.38. The third-order valence-electron chi connectivity index (χ3n) is 1.61. The van der Waals surface area contributed by atoms with E-state index in [1.807, 2.05) is 6.21 Å². The molecule has 0 aliphatic carbocycles. The van der Waals surface area contributed by atoms with Crippen LogP contribution in [-0.2, 0) is 0 Å². The van der Waals surface area contributed by atoms with E-state index in [1.54, 1.807) is 0 Å². The maximum Gasteiger partial charge on any atom is 0.140 e. The van der Waals surface area contributed by atoms with Crippen molar-refractivity contribution in [2.45, 2.75) is 6.17 Å². The number of hydrogen-bond donors (Lipinski definition) is 0. The van der Waals surface area contributed by atoms with Gasteiger partial charge in [-0.2, -0.15) is 0 Å². The van der Waals surface area contributed by atoms with Crippen molar-refractivity contribution in [3.8, 4) is 0 Å². The van der Waals surface area contributed by atoms with Gasteiger partial charge in [-0.3, -0.25) is 4.99 Å². The highest BCUT2D eigenvalue weighted by Gasteiger charge is 2.17. The van der Waals surface area contributed by atoms with Crippen molar-refractivity contribution < 1.29 is 0 Å². The molecule has 0 radical (unpaired) electrons. The Hall–Kier alpha value is -0.320. The first-order valence-electron chi connectivity index (χ1n) is 3.19. The van der Waals surface area contributed by atoms with E-state index in [9.17, 15) is 0 Å². The van der Waals surface area contributed by atoms with Crippen molar-refractivity contribution in [2.24, 2.45) is 4.99 Å². The zero-order chi connectivity index (χ0) is 6.97. The molecule has 2 aliphatic heterocycles. The quantitative estimate of drug-likeness (QED) is 0.592. The summed E-state index contributed by atoms with van der Waals surface area (Å²) in [6, 6.07) is 0. The van der Waals surface area contributed by atoms with Gasteiger partial charge in [-0.25, -0.2) is 0 Å². The second-order valence-corrected chi connectivity index (χ2v) is 3.56. The van der Waals surface area contributed by atoms with Gasteiger partial charge in [0.25, 0.3) is 0 Å². The maximum atomic E-state index is 4.26. The van der Waals surface area contributed by atoms with Crippen LogP contribution in [-0.4, -0.2) is 23.8 Å². The molecule has 2 nitrogen and oxygen atoms in total. The molecule has 10 heavy (non-hydrogen) atoms. The lowest BCUT2D eigenvalue weighted by molar-refractivity contribution is 0.394. The molecule has 0 amide bonds. The molecule has 3 heteroatoms. The largest absolute Gasteiger partial charge is 0.347 e. The Morgan fingerprint density at radius 1 is 1.70 bits per heavy atom. The van der Waals surface area contributed by atoms with Crippen LogP contribution in [0, 0.1) is 0 Å². The first-order valence-corrected chi connectivity index (χ1v) is 4.27. The highest BCUT2D eigenvalue weighted by atomic mass is 127. The summed E-state index contributed by atoms with van der Waals surface area (Å²) in [5.74, 6) is 0. The van der Waals surface area contributed by atoms with Crippen LogP contribution in [0.5, 0.6) is 0 Å². The highest BCUT2D eigenvalue weighted by Crippen LogP contribution is 2.20. The Balaban J connectivity index is 2.25. The van der Waals surface area contributed by atoms with Crippen molar-refractivity contribution in [3.05, 3.63) is 21.9 Å². The van der Waals surface area contributed by atoms with Crippen LogP contribution in [0.15, 0.2) is 26.9 Å². The van der Waals surface area contributed by atoms with Crippen LogP contribution in [0.3, 0.4) is 0 Å². The summed E-state index contributed by atoms with van der Waals surface area (Å²) in [6.07, 6.45) is 8.60. The molecule has 0 aromatic heterocycles. The van der Waals surface area contributed by atoms with Gasteiger partial charge < -0.3 is 4.90 Å². The molecular weight excluding hydrogens is 239 g/mol. The van der Waals surface area contributed by atoms with Crippen LogP contribution in [0.25, 0.3) is 0 Å². The van der Waals surface area contributed by atoms with Crippen LogP contribution >= 0.6 is 22.6 Å². The molecular formula is C7H7IN2. The second-order valence-electron chi connectivity index (χ2n) is 2.32. The van der Waals surface area contributed by atoms with E-state index >= 15 is 0 Å². The minimum Gasteiger partial charge on any atom is -0.347 e. The lowest BCUT2D eigenvalue weighted by Gasteiger charge is -2.21. The van der Waals surface area contributed by atoms with Gasteiger partial charge in [0, 0.05) is 16.0 Å². The van der Waals surface area contributed by atoms with Gasteiger partial charge in [0.1, 0.15) is 6.17 Å². The molecule has 0 aromatic carbocycles. The molecule has 1 unspecified atom stereocenters. The predicted molar refractivity (Wildman–Crippen MR) is 50.2 cm³/mol. The number of aliphatic imine (C=N–C) groups is 1. The highest BCUT2D eigenvalue weighted by molar-refractivity contribution is 14.1. The third kappa shape index (κ3) is 0.982. The summed E-state index contributed by atoms with van der Waals surface area (Å²) in [5, 5.41) is 0. The predicted octanol–water partition coefficient (Wildman–Crippen LogP) is 1.55. The maximum absolute atomic E-state index is 4.26. The molecule has 0 bridgehead atoms. The fraction of sp³-hybridized carbons (Fsp3) is 0.286. The fourth-order valence-electron chi connectivity index (χ4n) is 1.11. The van der Waals surface area contributed by atoms with Crippen LogP contribution in [0.2, 0.25) is 0 Å². The molecule has 0 fully saturated rings. The van der Waals surface area contributed by atoms with E-state index in [4.69, 9.17) is 0 Å². The van der Waals surface area contributed by atoms with E-state index in [-0.39, 0.29) is 0 Å². The monoisotopic (exact) mass is 246 g/mol. The Labute approximate surface area is 73.5 Å². The smallest absolute Gasteiger partial charge is 0.140 e. The van der Waals surface area contributed by atoms with Gasteiger partial charge in [0.05, 0.1) is 6.54 Å². The topological polar surface area (TPSA) is 15.6 Å². The van der Waals surface area contributed by atoms with Gasteiger partial charge in [-0.05, 0) is 34.7 Å². The first-order chi connectivity index (χ1) is 4.86. The molecule has 52 valence electrons. The Morgan fingerprint density at radius 2 is 2.60 bits per heavy atom. The van der Waals surface area contributed by atoms with E-state index in [0.717, 1.165) is 6.54 Å². The van der Waals surface area contributed by atoms with Crippen LogP contribution in [0.1, 0.15) is 0 Å².